The van der Waals surface area contributed by atoms with Crippen molar-refractivity contribution < 1.29 is 0 Å². The monoisotopic (exact) mass is 137 g/mol. The maximum absolute atomic E-state index is 2.99. The van der Waals surface area contributed by atoms with Gasteiger partial charge in [-0.25, -0.2) is 0 Å². The van der Waals surface area contributed by atoms with Crippen molar-refractivity contribution in [2.24, 2.45) is 0 Å². The van der Waals surface area contributed by atoms with Gasteiger partial charge in [0.2, 0.25) is 0 Å². The first kappa shape index (κ1) is 5.52. The molecular weight excluding hydrogens is 127 g/mol. The summed E-state index contributed by atoms with van der Waals surface area (Å²) in [5.41, 5.74) is 0. The summed E-state index contributed by atoms with van der Waals surface area (Å²) in [6, 6.07) is 0. The molecule has 0 aliphatic heterocycles. The molecule has 0 aliphatic carbocycles. The Bertz CT molecular complexity index is 17.6. The van der Waals surface area contributed by atoms with Crippen LogP contribution in [-0.4, -0.2) is 16.0 Å². The van der Waals surface area contributed by atoms with Crippen molar-refractivity contribution in [1.82, 2.24) is 0 Å². The molecule has 0 bridgehead atoms. The molecule has 1 unspecified atom stereocenters. The predicted octanol–water partition coefficient (Wildman–Crippen LogP) is 1.37. The van der Waals surface area contributed by atoms with Crippen LogP contribution in [0.1, 0.15) is 20.3 Å². The molecular formula is C4H9Se-. The van der Waals surface area contributed by atoms with Crippen LogP contribution in [-0.2, 0) is 0 Å². The van der Waals surface area contributed by atoms with Crippen LogP contribution in [0.3, 0.4) is 0 Å². The summed E-state index contributed by atoms with van der Waals surface area (Å²) in [5, 5.41) is 0. The summed E-state index contributed by atoms with van der Waals surface area (Å²) < 4.78 is 0. The van der Waals surface area contributed by atoms with Crippen molar-refractivity contribution in [1.29, 1.82) is 0 Å². The fourth-order valence-corrected chi connectivity index (χ4v) is 0. The zero-order valence-corrected chi connectivity index (χ0v) is 5.41. The molecule has 32 valence electrons. The summed E-state index contributed by atoms with van der Waals surface area (Å²) in [7, 11) is 0. The van der Waals surface area contributed by atoms with Crippen LogP contribution in [0.5, 0.6) is 0 Å². The van der Waals surface area contributed by atoms with E-state index in [4.69, 9.17) is 0 Å². The molecule has 0 N–H and O–H groups in total. The van der Waals surface area contributed by atoms with Crippen LogP contribution in [0.2, 0.25) is 4.82 Å². The van der Waals surface area contributed by atoms with Gasteiger partial charge in [-0.15, -0.1) is 0 Å². The second-order valence-electron chi connectivity index (χ2n) is 1.22. The third kappa shape index (κ3) is 4.52. The Morgan fingerprint density at radius 3 is 2.00 bits per heavy atom. The summed E-state index contributed by atoms with van der Waals surface area (Å²) in [4.78, 5) is 0.759. The molecule has 0 aliphatic rings. The molecule has 0 aromatic rings. The Hall–Kier alpha value is 0.519. The van der Waals surface area contributed by atoms with Crippen LogP contribution >= 0.6 is 0 Å². The van der Waals surface area contributed by atoms with Gasteiger partial charge in [0.05, 0.1) is 0 Å². The van der Waals surface area contributed by atoms with Crippen molar-refractivity contribution >= 4 is 16.0 Å². The molecule has 5 heavy (non-hydrogen) atoms. The van der Waals surface area contributed by atoms with E-state index in [-0.39, 0.29) is 0 Å². The Labute approximate surface area is 41.8 Å². The van der Waals surface area contributed by atoms with E-state index in [2.05, 4.69) is 29.9 Å². The van der Waals surface area contributed by atoms with Gasteiger partial charge in [0.1, 0.15) is 0 Å². The molecule has 0 spiro atoms. The molecule has 0 radical (unpaired) electrons. The Morgan fingerprint density at radius 1 is 1.80 bits per heavy atom. The molecule has 0 aromatic carbocycles. The fraction of sp³-hybridized carbons (Fsp3) is 1.00. The quantitative estimate of drug-likeness (QED) is 0.477. The molecule has 0 nitrogen and oxygen atoms in total. The van der Waals surface area contributed by atoms with Crippen molar-refractivity contribution in [2.45, 2.75) is 25.1 Å². The number of hydrogen-bond acceptors (Lipinski definition) is 0. The Kier molecular flexibility index (Phi) is 3.03. The predicted molar refractivity (Wildman–Crippen MR) is 25.5 cm³/mol. The summed E-state index contributed by atoms with van der Waals surface area (Å²) in [6.07, 6.45) is 1.25. The van der Waals surface area contributed by atoms with Crippen molar-refractivity contribution in [3.63, 3.8) is 0 Å². The van der Waals surface area contributed by atoms with Gasteiger partial charge in [-0.2, -0.15) is 0 Å². The van der Waals surface area contributed by atoms with Crippen molar-refractivity contribution in [3.8, 4) is 0 Å². The summed E-state index contributed by atoms with van der Waals surface area (Å²) in [5.74, 6) is 0. The average molecular weight is 136 g/mol. The van der Waals surface area contributed by atoms with E-state index in [1.165, 1.54) is 6.42 Å². The minimum atomic E-state index is 0.759. The number of rotatable bonds is 1. The van der Waals surface area contributed by atoms with E-state index < -0.39 is 0 Å². The molecule has 0 aromatic heterocycles. The first-order chi connectivity index (χ1) is 2.27. The van der Waals surface area contributed by atoms with E-state index >= 15 is 0 Å². The van der Waals surface area contributed by atoms with Crippen molar-refractivity contribution in [2.75, 3.05) is 0 Å². The molecule has 0 saturated heterocycles. The van der Waals surface area contributed by atoms with Gasteiger partial charge < -0.3 is 0 Å². The minimum absolute atomic E-state index is 0.759. The van der Waals surface area contributed by atoms with Gasteiger partial charge in [0, 0.05) is 0 Å². The normalized spacial score (nSPS) is 15.0. The summed E-state index contributed by atoms with van der Waals surface area (Å²) >= 11 is 2.99. The second kappa shape index (κ2) is 2.74. The molecule has 0 saturated carbocycles. The SMILES string of the molecule is CCC(C)[Se-]. The van der Waals surface area contributed by atoms with E-state index in [0.29, 0.717) is 0 Å². The first-order valence-electron chi connectivity index (χ1n) is 1.93. The van der Waals surface area contributed by atoms with Crippen LogP contribution in [0.25, 0.3) is 0 Å². The van der Waals surface area contributed by atoms with E-state index in [1.54, 1.807) is 0 Å². The Balaban J connectivity index is 2.54. The third-order valence-corrected chi connectivity index (χ3v) is 1.27. The zero-order valence-electron chi connectivity index (χ0n) is 3.69. The molecule has 0 fully saturated rings. The van der Waals surface area contributed by atoms with E-state index in [0.717, 1.165) is 4.82 Å². The van der Waals surface area contributed by atoms with Crippen LogP contribution in [0.15, 0.2) is 0 Å². The van der Waals surface area contributed by atoms with Crippen LogP contribution < -0.4 is 0 Å². The van der Waals surface area contributed by atoms with Crippen LogP contribution in [0.4, 0.5) is 0 Å². The zero-order chi connectivity index (χ0) is 4.28. The molecule has 0 heterocycles. The Morgan fingerprint density at radius 2 is 2.00 bits per heavy atom. The third-order valence-electron chi connectivity index (χ3n) is 0.575. The summed E-state index contributed by atoms with van der Waals surface area (Å²) in [6.45, 7) is 4.33. The standard InChI is InChI=1S/C4H10Se/c1-3-4(2)5/h4-5H,3H2,1-2H3/p-1. The van der Waals surface area contributed by atoms with E-state index in [1.807, 2.05) is 0 Å². The maximum atomic E-state index is 2.99. The molecule has 0 rings (SSSR count). The average Bonchev–Trinajstić information content (AvgIpc) is 1.38. The topological polar surface area (TPSA) is 0 Å². The van der Waals surface area contributed by atoms with Gasteiger partial charge in [-0.3, -0.25) is 0 Å². The second-order valence-corrected chi connectivity index (χ2v) is 2.91. The molecule has 1 atom stereocenters. The van der Waals surface area contributed by atoms with Gasteiger partial charge in [0.15, 0.2) is 0 Å². The molecule has 0 amide bonds. The van der Waals surface area contributed by atoms with Gasteiger partial charge in [-0.1, -0.05) is 0 Å². The molecule has 1 heteroatoms. The van der Waals surface area contributed by atoms with Gasteiger partial charge in [0.25, 0.3) is 0 Å². The van der Waals surface area contributed by atoms with Gasteiger partial charge in [-0.05, 0) is 0 Å². The van der Waals surface area contributed by atoms with Crippen molar-refractivity contribution in [3.05, 3.63) is 0 Å². The fourth-order valence-electron chi connectivity index (χ4n) is 0. The van der Waals surface area contributed by atoms with Gasteiger partial charge >= 0.3 is 41.1 Å². The van der Waals surface area contributed by atoms with Crippen LogP contribution in [0, 0.1) is 0 Å². The first-order valence-corrected chi connectivity index (χ1v) is 2.92. The number of hydrogen-bond donors (Lipinski definition) is 0. The van der Waals surface area contributed by atoms with E-state index in [9.17, 15) is 0 Å².